The summed E-state index contributed by atoms with van der Waals surface area (Å²) in [5.74, 6) is -0.300. The Balaban J connectivity index is 1.89. The van der Waals surface area contributed by atoms with Crippen molar-refractivity contribution >= 4 is 17.5 Å². The number of nitrogens with one attached hydrogen (secondary N) is 2. The van der Waals surface area contributed by atoms with Crippen molar-refractivity contribution in [1.82, 2.24) is 5.32 Å². The number of aryl methyl sites for hydroxylation is 2. The van der Waals surface area contributed by atoms with Gasteiger partial charge in [-0.05, 0) is 42.5 Å². The molecule has 0 atom stereocenters. The molecular weight excluding hydrogens is 340 g/mol. The molecule has 0 aliphatic rings. The summed E-state index contributed by atoms with van der Waals surface area (Å²) in [6, 6.07) is 15.4. The lowest BCUT2D eigenvalue weighted by Gasteiger charge is -2.11. The van der Waals surface area contributed by atoms with Crippen LogP contribution in [0.3, 0.4) is 0 Å². The Morgan fingerprint density at radius 2 is 1.70 bits per heavy atom. The molecule has 2 amide bonds. The molecule has 0 unspecified atom stereocenters. The molecule has 2 rings (SSSR count). The lowest BCUT2D eigenvalue weighted by atomic mass is 10.1. The number of anilines is 1. The quantitative estimate of drug-likeness (QED) is 0.630. The van der Waals surface area contributed by atoms with Crippen LogP contribution in [0.25, 0.3) is 0 Å². The Morgan fingerprint density at radius 3 is 2.41 bits per heavy atom. The van der Waals surface area contributed by atoms with Crippen molar-refractivity contribution in [3.63, 3.8) is 0 Å². The van der Waals surface area contributed by atoms with Gasteiger partial charge < -0.3 is 15.4 Å². The summed E-state index contributed by atoms with van der Waals surface area (Å²) in [6.45, 7) is 3.24. The van der Waals surface area contributed by atoms with Gasteiger partial charge in [0.15, 0.2) is 0 Å². The molecule has 5 heteroatoms. The zero-order valence-electron chi connectivity index (χ0n) is 16.1. The molecule has 0 aromatic heterocycles. The summed E-state index contributed by atoms with van der Waals surface area (Å²) < 4.78 is 4.97. The number of carbonyl (C=O) groups is 2. The molecule has 0 heterocycles. The number of carbonyl (C=O) groups excluding carboxylic acids is 2. The molecule has 0 saturated heterocycles. The lowest BCUT2D eigenvalue weighted by molar-refractivity contribution is -0.116. The van der Waals surface area contributed by atoms with Gasteiger partial charge in [-0.2, -0.15) is 0 Å². The first kappa shape index (κ1) is 20.6. The third-order valence-corrected chi connectivity index (χ3v) is 4.33. The van der Waals surface area contributed by atoms with Crippen LogP contribution in [-0.4, -0.2) is 32.1 Å². The summed E-state index contributed by atoms with van der Waals surface area (Å²) >= 11 is 0. The number of hydrogen-bond acceptors (Lipinski definition) is 3. The van der Waals surface area contributed by atoms with Gasteiger partial charge in [0.05, 0.1) is 11.3 Å². The van der Waals surface area contributed by atoms with Crippen LogP contribution in [-0.2, 0) is 22.4 Å². The van der Waals surface area contributed by atoms with E-state index in [0.29, 0.717) is 37.2 Å². The Labute approximate surface area is 161 Å². The number of para-hydroxylation sites is 1. The van der Waals surface area contributed by atoms with Gasteiger partial charge in [0.1, 0.15) is 0 Å². The van der Waals surface area contributed by atoms with E-state index >= 15 is 0 Å². The molecule has 0 saturated carbocycles. The third-order valence-electron chi connectivity index (χ3n) is 4.33. The van der Waals surface area contributed by atoms with E-state index in [1.807, 2.05) is 0 Å². The molecule has 0 fully saturated rings. The number of hydrogen-bond donors (Lipinski definition) is 2. The highest BCUT2D eigenvalue weighted by Crippen LogP contribution is 2.16. The predicted molar refractivity (Wildman–Crippen MR) is 108 cm³/mol. The van der Waals surface area contributed by atoms with Crippen LogP contribution >= 0.6 is 0 Å². The number of rotatable bonds is 10. The number of methoxy groups -OCH3 is 1. The van der Waals surface area contributed by atoms with E-state index in [-0.39, 0.29) is 11.8 Å². The average molecular weight is 368 g/mol. The Bertz CT molecular complexity index is 741. The van der Waals surface area contributed by atoms with Crippen LogP contribution in [0.4, 0.5) is 5.69 Å². The van der Waals surface area contributed by atoms with E-state index in [1.54, 1.807) is 31.4 Å². The second-order valence-corrected chi connectivity index (χ2v) is 6.37. The molecule has 2 aromatic rings. The maximum absolute atomic E-state index is 12.3. The van der Waals surface area contributed by atoms with Gasteiger partial charge in [0.25, 0.3) is 5.91 Å². The van der Waals surface area contributed by atoms with Crippen molar-refractivity contribution < 1.29 is 14.3 Å². The van der Waals surface area contributed by atoms with E-state index in [9.17, 15) is 9.59 Å². The minimum atomic E-state index is -0.197. The average Bonchev–Trinajstić information content (AvgIpc) is 2.70. The molecule has 0 bridgehead atoms. The number of ether oxygens (including phenoxy) is 1. The highest BCUT2D eigenvalue weighted by atomic mass is 16.5. The molecule has 0 spiro atoms. The van der Waals surface area contributed by atoms with Gasteiger partial charge in [-0.3, -0.25) is 9.59 Å². The fraction of sp³-hybridized carbons (Fsp3) is 0.364. The topological polar surface area (TPSA) is 67.4 Å². The van der Waals surface area contributed by atoms with Crippen LogP contribution in [0.2, 0.25) is 0 Å². The van der Waals surface area contributed by atoms with E-state index in [4.69, 9.17) is 4.74 Å². The van der Waals surface area contributed by atoms with Crippen LogP contribution in [0, 0.1) is 0 Å². The number of benzene rings is 2. The van der Waals surface area contributed by atoms with Gasteiger partial charge in [-0.25, -0.2) is 0 Å². The minimum Gasteiger partial charge on any atom is -0.385 e. The highest BCUT2D eigenvalue weighted by molar-refractivity contribution is 6.03. The van der Waals surface area contributed by atoms with Crippen LogP contribution in [0.15, 0.2) is 48.5 Å². The van der Waals surface area contributed by atoms with Crippen molar-refractivity contribution in [3.8, 4) is 0 Å². The third kappa shape index (κ3) is 6.87. The zero-order valence-corrected chi connectivity index (χ0v) is 16.1. The molecule has 5 nitrogen and oxygen atoms in total. The highest BCUT2D eigenvalue weighted by Gasteiger charge is 2.12. The molecule has 0 aliphatic carbocycles. The predicted octanol–water partition coefficient (Wildman–Crippen LogP) is 3.59. The molecule has 2 N–H and O–H groups in total. The zero-order chi connectivity index (χ0) is 19.5. The smallest absolute Gasteiger partial charge is 0.253 e. The van der Waals surface area contributed by atoms with Crippen LogP contribution in [0.1, 0.15) is 41.3 Å². The summed E-state index contributed by atoms with van der Waals surface area (Å²) in [5.41, 5.74) is 3.42. The molecular formula is C22H28N2O3. The van der Waals surface area contributed by atoms with Gasteiger partial charge >= 0.3 is 0 Å². The maximum atomic E-state index is 12.3. The summed E-state index contributed by atoms with van der Waals surface area (Å²) in [6.07, 6.45) is 2.79. The summed E-state index contributed by atoms with van der Waals surface area (Å²) in [4.78, 5) is 24.7. The number of amides is 2. The van der Waals surface area contributed by atoms with Gasteiger partial charge in [-0.15, -0.1) is 0 Å². The van der Waals surface area contributed by atoms with Crippen molar-refractivity contribution in [2.24, 2.45) is 0 Å². The van der Waals surface area contributed by atoms with E-state index in [2.05, 4.69) is 41.8 Å². The SMILES string of the molecule is CCc1ccc(CCC(=O)Nc2ccccc2C(=O)NCCCOC)cc1. The minimum absolute atomic E-state index is 0.103. The Morgan fingerprint density at radius 1 is 1.00 bits per heavy atom. The van der Waals surface area contributed by atoms with Crippen LogP contribution < -0.4 is 10.6 Å². The fourth-order valence-electron chi connectivity index (χ4n) is 2.72. The van der Waals surface area contributed by atoms with Gasteiger partial charge in [0, 0.05) is 26.7 Å². The normalized spacial score (nSPS) is 10.4. The first-order valence-electron chi connectivity index (χ1n) is 9.38. The van der Waals surface area contributed by atoms with Crippen molar-refractivity contribution in [2.45, 2.75) is 32.6 Å². The molecule has 0 aliphatic heterocycles. The second kappa shape index (κ2) is 11.1. The Hall–Kier alpha value is -2.66. The fourth-order valence-corrected chi connectivity index (χ4v) is 2.72. The Kier molecular flexibility index (Phi) is 8.52. The van der Waals surface area contributed by atoms with Crippen molar-refractivity contribution in [2.75, 3.05) is 25.6 Å². The maximum Gasteiger partial charge on any atom is 0.253 e. The molecule has 144 valence electrons. The standard InChI is InChI=1S/C22H28N2O3/c1-3-17-9-11-18(12-10-17)13-14-21(25)24-20-8-5-4-7-19(20)22(26)23-15-6-16-27-2/h4-5,7-12H,3,6,13-16H2,1-2H3,(H,23,26)(H,24,25). The van der Waals surface area contributed by atoms with Crippen molar-refractivity contribution in [3.05, 3.63) is 65.2 Å². The lowest BCUT2D eigenvalue weighted by Crippen LogP contribution is -2.26. The molecule has 2 aromatic carbocycles. The van der Waals surface area contributed by atoms with E-state index < -0.39 is 0 Å². The second-order valence-electron chi connectivity index (χ2n) is 6.37. The molecule has 27 heavy (non-hydrogen) atoms. The van der Waals surface area contributed by atoms with Gasteiger partial charge in [0.2, 0.25) is 5.91 Å². The van der Waals surface area contributed by atoms with Crippen molar-refractivity contribution in [1.29, 1.82) is 0 Å². The van der Waals surface area contributed by atoms with Gasteiger partial charge in [-0.1, -0.05) is 43.3 Å². The van der Waals surface area contributed by atoms with E-state index in [0.717, 1.165) is 18.4 Å². The monoisotopic (exact) mass is 368 g/mol. The molecule has 0 radical (unpaired) electrons. The first-order valence-corrected chi connectivity index (χ1v) is 9.38. The summed E-state index contributed by atoms with van der Waals surface area (Å²) in [7, 11) is 1.63. The summed E-state index contributed by atoms with van der Waals surface area (Å²) in [5, 5.41) is 5.71. The van der Waals surface area contributed by atoms with Crippen LogP contribution in [0.5, 0.6) is 0 Å². The van der Waals surface area contributed by atoms with E-state index in [1.165, 1.54) is 5.56 Å². The largest absolute Gasteiger partial charge is 0.385 e. The first-order chi connectivity index (χ1) is 13.1.